The van der Waals surface area contributed by atoms with Gasteiger partial charge in [-0.3, -0.25) is 9.59 Å². The number of carbonyl (C=O) groups excluding carboxylic acids is 3. The third-order valence-electron chi connectivity index (χ3n) is 3.81. The molecule has 1 heterocycles. The second-order valence-corrected chi connectivity index (χ2v) is 6.25. The summed E-state index contributed by atoms with van der Waals surface area (Å²) in [4.78, 5) is 36.1. The van der Waals surface area contributed by atoms with E-state index in [2.05, 4.69) is 10.4 Å². The van der Waals surface area contributed by atoms with Crippen molar-refractivity contribution < 1.29 is 23.5 Å². The molecule has 28 heavy (non-hydrogen) atoms. The first-order valence-electron chi connectivity index (χ1n) is 8.31. The Labute approximate surface area is 164 Å². The summed E-state index contributed by atoms with van der Waals surface area (Å²) in [5, 5.41) is 7.49. The molecular weight excluding hydrogens is 389 g/mol. The first-order valence-corrected chi connectivity index (χ1v) is 8.69. The Balaban J connectivity index is 1.60. The maximum atomic E-state index is 13.1. The number of esters is 1. The summed E-state index contributed by atoms with van der Waals surface area (Å²) in [5.41, 5.74) is 0.841. The van der Waals surface area contributed by atoms with Crippen molar-refractivity contribution in [2.24, 2.45) is 5.10 Å². The van der Waals surface area contributed by atoms with Gasteiger partial charge in [0.15, 0.2) is 6.61 Å². The molecule has 0 atom stereocenters. The summed E-state index contributed by atoms with van der Waals surface area (Å²) in [6.07, 6.45) is 0.222. The van der Waals surface area contributed by atoms with Crippen LogP contribution in [0, 0.1) is 5.82 Å². The number of halogens is 2. The van der Waals surface area contributed by atoms with Gasteiger partial charge in [-0.15, -0.1) is 0 Å². The number of nitrogens with one attached hydrogen (secondary N) is 1. The molecule has 0 aliphatic carbocycles. The van der Waals surface area contributed by atoms with Crippen LogP contribution in [0.2, 0.25) is 5.02 Å². The van der Waals surface area contributed by atoms with E-state index in [1.807, 2.05) is 0 Å². The number of rotatable bonds is 5. The predicted octanol–water partition coefficient (Wildman–Crippen LogP) is 3.14. The van der Waals surface area contributed by atoms with Crippen LogP contribution in [-0.4, -0.2) is 30.1 Å². The van der Waals surface area contributed by atoms with Gasteiger partial charge in [0.25, 0.3) is 5.91 Å². The van der Waals surface area contributed by atoms with Crippen molar-refractivity contribution in [3.63, 3.8) is 0 Å². The molecule has 0 bridgehead atoms. The van der Waals surface area contributed by atoms with Crippen molar-refractivity contribution in [2.75, 3.05) is 16.9 Å². The molecule has 2 aromatic rings. The molecule has 1 N–H and O–H groups in total. The molecule has 3 rings (SSSR count). The van der Waals surface area contributed by atoms with Gasteiger partial charge in [0.1, 0.15) is 11.5 Å². The third kappa shape index (κ3) is 4.72. The van der Waals surface area contributed by atoms with E-state index >= 15 is 0 Å². The Bertz CT molecular complexity index is 949. The Hall–Kier alpha value is -3.26. The quantitative estimate of drug-likeness (QED) is 0.777. The average molecular weight is 404 g/mol. The summed E-state index contributed by atoms with van der Waals surface area (Å²) >= 11 is 5.64. The largest absolute Gasteiger partial charge is 0.451 e. The van der Waals surface area contributed by atoms with Gasteiger partial charge in [-0.1, -0.05) is 29.8 Å². The van der Waals surface area contributed by atoms with Gasteiger partial charge in [0.05, 0.1) is 10.7 Å². The first kappa shape index (κ1) is 19.5. The second kappa shape index (κ2) is 8.62. The molecule has 1 aliphatic rings. The molecule has 0 fully saturated rings. The molecule has 144 valence electrons. The van der Waals surface area contributed by atoms with E-state index in [0.29, 0.717) is 5.69 Å². The molecule has 0 saturated carbocycles. The zero-order chi connectivity index (χ0) is 20.1. The Kier molecular flexibility index (Phi) is 6.00. The topological polar surface area (TPSA) is 88.1 Å². The smallest absolute Gasteiger partial charge is 0.355 e. The lowest BCUT2D eigenvalue weighted by Crippen LogP contribution is -2.35. The molecule has 2 amide bonds. The van der Waals surface area contributed by atoms with Gasteiger partial charge in [-0.25, -0.2) is 14.2 Å². The normalized spacial score (nSPS) is 13.7. The lowest BCUT2D eigenvalue weighted by Gasteiger charge is -2.22. The summed E-state index contributed by atoms with van der Waals surface area (Å²) in [5.74, 6) is -2.27. The number of benzene rings is 2. The van der Waals surface area contributed by atoms with E-state index in [0.717, 1.165) is 11.1 Å². The van der Waals surface area contributed by atoms with Crippen molar-refractivity contribution in [1.29, 1.82) is 0 Å². The zero-order valence-electron chi connectivity index (χ0n) is 14.5. The Morgan fingerprint density at radius 1 is 1.18 bits per heavy atom. The number of anilines is 2. The molecule has 0 radical (unpaired) electrons. The molecule has 0 spiro atoms. The first-order chi connectivity index (χ1) is 13.4. The van der Waals surface area contributed by atoms with Crippen LogP contribution in [0.3, 0.4) is 0 Å². The Morgan fingerprint density at radius 2 is 1.93 bits per heavy atom. The number of amides is 2. The van der Waals surface area contributed by atoms with Crippen LogP contribution in [0.1, 0.15) is 12.8 Å². The SMILES string of the molecule is O=C(COC(=O)C1=NN(c2ccccc2)C(=O)CC1)Nc1ccc(F)c(Cl)c1. The van der Waals surface area contributed by atoms with Gasteiger partial charge in [0, 0.05) is 18.5 Å². The minimum Gasteiger partial charge on any atom is -0.451 e. The number of carbonyl (C=O) groups is 3. The number of hydrazone groups is 1. The molecule has 0 aromatic heterocycles. The van der Waals surface area contributed by atoms with Crippen LogP contribution in [0.15, 0.2) is 53.6 Å². The van der Waals surface area contributed by atoms with Crippen molar-refractivity contribution in [1.82, 2.24) is 0 Å². The van der Waals surface area contributed by atoms with E-state index in [1.54, 1.807) is 30.3 Å². The molecule has 9 heteroatoms. The Morgan fingerprint density at radius 3 is 2.64 bits per heavy atom. The number of nitrogens with zero attached hydrogens (tertiary/aromatic N) is 2. The number of hydrogen-bond donors (Lipinski definition) is 1. The van der Waals surface area contributed by atoms with Gasteiger partial charge in [0.2, 0.25) is 5.91 Å². The highest BCUT2D eigenvalue weighted by Gasteiger charge is 2.26. The molecule has 7 nitrogen and oxygen atoms in total. The predicted molar refractivity (Wildman–Crippen MR) is 102 cm³/mol. The maximum Gasteiger partial charge on any atom is 0.355 e. The highest BCUT2D eigenvalue weighted by Crippen LogP contribution is 2.21. The van der Waals surface area contributed by atoms with E-state index in [9.17, 15) is 18.8 Å². The third-order valence-corrected chi connectivity index (χ3v) is 4.10. The van der Waals surface area contributed by atoms with E-state index in [1.165, 1.54) is 12.1 Å². The molecular formula is C19H15ClFN3O4. The fourth-order valence-corrected chi connectivity index (χ4v) is 2.64. The standard InChI is InChI=1S/C19H15ClFN3O4/c20-14-10-12(6-7-15(14)21)22-17(25)11-28-19(27)16-8-9-18(26)24(23-16)13-4-2-1-3-5-13/h1-7,10H,8-9,11H2,(H,22,25). The van der Waals surface area contributed by atoms with Crippen LogP contribution in [0.25, 0.3) is 0 Å². The van der Waals surface area contributed by atoms with Gasteiger partial charge >= 0.3 is 5.97 Å². The van der Waals surface area contributed by atoms with E-state index < -0.39 is 24.3 Å². The van der Waals surface area contributed by atoms with Crippen molar-refractivity contribution >= 4 is 46.5 Å². The van der Waals surface area contributed by atoms with E-state index in [-0.39, 0.29) is 35.2 Å². The molecule has 0 unspecified atom stereocenters. The molecule has 0 saturated heterocycles. The van der Waals surface area contributed by atoms with Gasteiger partial charge < -0.3 is 10.1 Å². The van der Waals surface area contributed by atoms with E-state index in [4.69, 9.17) is 16.3 Å². The fraction of sp³-hybridized carbons (Fsp3) is 0.158. The fourth-order valence-electron chi connectivity index (χ4n) is 2.46. The summed E-state index contributed by atoms with van der Waals surface area (Å²) in [7, 11) is 0. The minimum absolute atomic E-state index is 0.0427. The average Bonchev–Trinajstić information content (AvgIpc) is 2.70. The molecule has 1 aliphatic heterocycles. The van der Waals surface area contributed by atoms with Crippen LogP contribution >= 0.6 is 11.6 Å². The highest BCUT2D eigenvalue weighted by molar-refractivity contribution is 6.38. The summed E-state index contributed by atoms with van der Waals surface area (Å²) in [6, 6.07) is 12.3. The van der Waals surface area contributed by atoms with Crippen molar-refractivity contribution in [3.05, 3.63) is 59.4 Å². The number of hydrogen-bond acceptors (Lipinski definition) is 5. The van der Waals surface area contributed by atoms with Gasteiger partial charge in [-0.2, -0.15) is 5.10 Å². The molecule has 2 aromatic carbocycles. The lowest BCUT2D eigenvalue weighted by molar-refractivity contribution is -0.140. The van der Waals surface area contributed by atoms with Crippen molar-refractivity contribution in [2.45, 2.75) is 12.8 Å². The van der Waals surface area contributed by atoms with Crippen LogP contribution in [0.5, 0.6) is 0 Å². The van der Waals surface area contributed by atoms with Crippen LogP contribution in [-0.2, 0) is 19.1 Å². The number of para-hydroxylation sites is 1. The monoisotopic (exact) mass is 403 g/mol. The maximum absolute atomic E-state index is 13.1. The zero-order valence-corrected chi connectivity index (χ0v) is 15.3. The summed E-state index contributed by atoms with van der Waals surface area (Å²) < 4.78 is 18.1. The highest BCUT2D eigenvalue weighted by atomic mass is 35.5. The minimum atomic E-state index is -0.791. The second-order valence-electron chi connectivity index (χ2n) is 5.84. The number of ether oxygens (including phenoxy) is 1. The van der Waals surface area contributed by atoms with Crippen LogP contribution in [0.4, 0.5) is 15.8 Å². The van der Waals surface area contributed by atoms with Gasteiger partial charge in [-0.05, 0) is 30.3 Å². The lowest BCUT2D eigenvalue weighted by atomic mass is 10.1. The summed E-state index contributed by atoms with van der Waals surface area (Å²) in [6.45, 7) is -0.563. The van der Waals surface area contributed by atoms with Crippen LogP contribution < -0.4 is 10.3 Å². The van der Waals surface area contributed by atoms with Crippen molar-refractivity contribution in [3.8, 4) is 0 Å².